The van der Waals surface area contributed by atoms with E-state index in [4.69, 9.17) is 4.42 Å². The second kappa shape index (κ2) is 9.38. The van der Waals surface area contributed by atoms with Gasteiger partial charge >= 0.3 is 0 Å². The third-order valence-corrected chi connectivity index (χ3v) is 7.66. The number of para-hydroxylation sites is 1. The van der Waals surface area contributed by atoms with Crippen molar-refractivity contribution in [2.75, 3.05) is 38.0 Å². The predicted octanol–water partition coefficient (Wildman–Crippen LogP) is 4.03. The third kappa shape index (κ3) is 4.52. The fourth-order valence-electron chi connectivity index (χ4n) is 4.67. The van der Waals surface area contributed by atoms with Crippen LogP contribution in [0.4, 0.5) is 5.00 Å². The first kappa shape index (κ1) is 21.7. The first-order valence-electron chi connectivity index (χ1n) is 11.5. The van der Waals surface area contributed by atoms with E-state index in [0.717, 1.165) is 36.6 Å². The monoisotopic (exact) mass is 462 g/mol. The molecule has 1 aliphatic carbocycles. The molecule has 1 saturated heterocycles. The number of carbonyl (C=O) groups excluding carboxylic acids is 2. The number of nitriles is 1. The number of piperazine rings is 1. The van der Waals surface area contributed by atoms with E-state index in [9.17, 15) is 14.9 Å². The van der Waals surface area contributed by atoms with Crippen LogP contribution in [-0.4, -0.2) is 54.3 Å². The number of hydrogen-bond donors (Lipinski definition) is 1. The van der Waals surface area contributed by atoms with Gasteiger partial charge in [-0.2, -0.15) is 5.26 Å². The van der Waals surface area contributed by atoms with E-state index >= 15 is 0 Å². The minimum absolute atomic E-state index is 0.111. The average molecular weight is 463 g/mol. The van der Waals surface area contributed by atoms with Gasteiger partial charge in [-0.05, 0) is 43.4 Å². The van der Waals surface area contributed by atoms with Crippen molar-refractivity contribution in [3.05, 3.63) is 52.1 Å². The van der Waals surface area contributed by atoms with Gasteiger partial charge in [0.25, 0.3) is 5.91 Å². The van der Waals surface area contributed by atoms with Crippen LogP contribution in [0.5, 0.6) is 0 Å². The summed E-state index contributed by atoms with van der Waals surface area (Å²) in [6.45, 7) is 2.57. The Hall–Kier alpha value is -3.15. The van der Waals surface area contributed by atoms with Crippen LogP contribution < -0.4 is 5.32 Å². The van der Waals surface area contributed by atoms with Gasteiger partial charge in [-0.15, -0.1) is 11.3 Å². The lowest BCUT2D eigenvalue weighted by Gasteiger charge is -2.33. The number of thiophene rings is 1. The quantitative estimate of drug-likeness (QED) is 0.591. The van der Waals surface area contributed by atoms with E-state index in [1.165, 1.54) is 11.3 Å². The smallest absolute Gasteiger partial charge is 0.289 e. The molecule has 33 heavy (non-hydrogen) atoms. The van der Waals surface area contributed by atoms with Crippen molar-refractivity contribution >= 4 is 39.1 Å². The van der Waals surface area contributed by atoms with Crippen LogP contribution >= 0.6 is 11.3 Å². The summed E-state index contributed by atoms with van der Waals surface area (Å²) in [7, 11) is 0. The Morgan fingerprint density at radius 3 is 2.67 bits per heavy atom. The van der Waals surface area contributed by atoms with E-state index < -0.39 is 0 Å². The number of benzene rings is 1. The van der Waals surface area contributed by atoms with Gasteiger partial charge in [0.15, 0.2) is 5.76 Å². The Labute approximate surface area is 196 Å². The topological polar surface area (TPSA) is 89.6 Å². The number of amides is 2. The molecule has 1 N–H and O–H groups in total. The minimum atomic E-state index is -0.117. The predicted molar refractivity (Wildman–Crippen MR) is 127 cm³/mol. The Morgan fingerprint density at radius 2 is 1.88 bits per heavy atom. The number of anilines is 1. The van der Waals surface area contributed by atoms with Gasteiger partial charge in [0, 0.05) is 36.4 Å². The zero-order valence-electron chi connectivity index (χ0n) is 18.4. The molecule has 2 amide bonds. The molecule has 1 aromatic carbocycles. The molecule has 7 nitrogen and oxygen atoms in total. The molecule has 0 radical (unpaired) electrons. The van der Waals surface area contributed by atoms with Crippen LogP contribution in [0.25, 0.3) is 11.0 Å². The maximum atomic E-state index is 12.8. The lowest BCUT2D eigenvalue weighted by atomic mass is 10.1. The van der Waals surface area contributed by atoms with Crippen molar-refractivity contribution in [2.45, 2.75) is 32.1 Å². The fraction of sp³-hybridized carbons (Fsp3) is 0.400. The van der Waals surface area contributed by atoms with Crippen LogP contribution in [0.1, 0.15) is 45.8 Å². The molecule has 1 aliphatic heterocycles. The molecule has 0 atom stereocenters. The highest BCUT2D eigenvalue weighted by molar-refractivity contribution is 7.16. The largest absolute Gasteiger partial charge is 0.451 e. The van der Waals surface area contributed by atoms with Crippen LogP contribution in [0, 0.1) is 11.3 Å². The van der Waals surface area contributed by atoms with Crippen molar-refractivity contribution in [2.24, 2.45) is 0 Å². The third-order valence-electron chi connectivity index (χ3n) is 6.45. The number of fused-ring (bicyclic) bond motifs is 2. The highest BCUT2D eigenvalue weighted by atomic mass is 32.1. The molecule has 0 unspecified atom stereocenters. The molecular weight excluding hydrogens is 436 g/mol. The number of carbonyl (C=O) groups is 2. The zero-order chi connectivity index (χ0) is 22.8. The van der Waals surface area contributed by atoms with E-state index in [-0.39, 0.29) is 18.4 Å². The van der Waals surface area contributed by atoms with Crippen LogP contribution in [0.15, 0.2) is 34.7 Å². The average Bonchev–Trinajstić information content (AvgIpc) is 3.32. The molecule has 8 heteroatoms. The highest BCUT2D eigenvalue weighted by Gasteiger charge is 2.26. The lowest BCUT2D eigenvalue weighted by molar-refractivity contribution is -0.117. The van der Waals surface area contributed by atoms with Gasteiger partial charge in [-0.25, -0.2) is 0 Å². The van der Waals surface area contributed by atoms with E-state index in [1.807, 2.05) is 29.2 Å². The maximum absolute atomic E-state index is 12.8. The Kier molecular flexibility index (Phi) is 6.16. The summed E-state index contributed by atoms with van der Waals surface area (Å²) in [5.74, 6) is 0.123. The second-order valence-electron chi connectivity index (χ2n) is 8.65. The number of nitrogens with zero attached hydrogens (tertiary/aromatic N) is 3. The number of nitrogens with one attached hydrogen (secondary N) is 1. The van der Waals surface area contributed by atoms with Gasteiger partial charge in [-0.1, -0.05) is 24.6 Å². The first-order valence-corrected chi connectivity index (χ1v) is 12.3. The molecule has 3 aromatic rings. The fourth-order valence-corrected chi connectivity index (χ4v) is 5.93. The summed E-state index contributed by atoms with van der Waals surface area (Å²) in [6.07, 6.45) is 5.35. The Bertz CT molecular complexity index is 1200. The number of furan rings is 1. The van der Waals surface area contributed by atoms with E-state index in [2.05, 4.69) is 11.4 Å². The molecule has 2 aliphatic rings. The standard InChI is InChI=1S/C25H26N4O3S/c26-15-19-18-7-2-1-3-9-22(18)33-24(19)27-23(30)16-28-10-12-29(13-11-28)25(31)21-14-17-6-4-5-8-20(17)32-21/h4-6,8,14H,1-3,7,9-13,16H2,(H,27,30). The number of rotatable bonds is 4. The van der Waals surface area contributed by atoms with Crippen molar-refractivity contribution in [3.63, 3.8) is 0 Å². The number of hydrogen-bond acceptors (Lipinski definition) is 6. The van der Waals surface area contributed by atoms with Gasteiger partial charge in [0.05, 0.1) is 12.1 Å². The molecule has 3 heterocycles. The molecule has 0 spiro atoms. The van der Waals surface area contributed by atoms with Crippen molar-refractivity contribution in [1.29, 1.82) is 5.26 Å². The van der Waals surface area contributed by atoms with Gasteiger partial charge in [-0.3, -0.25) is 14.5 Å². The highest BCUT2D eigenvalue weighted by Crippen LogP contribution is 2.37. The van der Waals surface area contributed by atoms with E-state index in [0.29, 0.717) is 48.1 Å². The van der Waals surface area contributed by atoms with Gasteiger partial charge < -0.3 is 14.6 Å². The molecule has 0 bridgehead atoms. The van der Waals surface area contributed by atoms with Crippen LogP contribution in [-0.2, 0) is 17.6 Å². The minimum Gasteiger partial charge on any atom is -0.451 e. The van der Waals surface area contributed by atoms with Crippen LogP contribution in [0.2, 0.25) is 0 Å². The van der Waals surface area contributed by atoms with Gasteiger partial charge in [0.1, 0.15) is 16.7 Å². The first-order chi connectivity index (χ1) is 16.1. The normalized spacial score (nSPS) is 16.8. The van der Waals surface area contributed by atoms with Crippen molar-refractivity contribution in [1.82, 2.24) is 9.80 Å². The Balaban J connectivity index is 1.16. The molecule has 1 fully saturated rings. The molecule has 170 valence electrons. The van der Waals surface area contributed by atoms with E-state index in [1.54, 1.807) is 22.3 Å². The van der Waals surface area contributed by atoms with Gasteiger partial charge in [0.2, 0.25) is 5.91 Å². The summed E-state index contributed by atoms with van der Waals surface area (Å²) in [6, 6.07) is 11.7. The lowest BCUT2D eigenvalue weighted by Crippen LogP contribution is -2.50. The summed E-state index contributed by atoms with van der Waals surface area (Å²) >= 11 is 1.56. The Morgan fingerprint density at radius 1 is 1.09 bits per heavy atom. The summed E-state index contributed by atoms with van der Waals surface area (Å²) in [5.41, 5.74) is 2.48. The summed E-state index contributed by atoms with van der Waals surface area (Å²) in [5, 5.41) is 14.2. The summed E-state index contributed by atoms with van der Waals surface area (Å²) in [4.78, 5) is 30.6. The molecule has 2 aromatic heterocycles. The van der Waals surface area contributed by atoms with Crippen molar-refractivity contribution < 1.29 is 14.0 Å². The van der Waals surface area contributed by atoms with Crippen molar-refractivity contribution in [3.8, 4) is 6.07 Å². The second-order valence-corrected chi connectivity index (χ2v) is 9.75. The number of aryl methyl sites for hydroxylation is 1. The molecular formula is C25H26N4O3S. The van der Waals surface area contributed by atoms with Crippen LogP contribution in [0.3, 0.4) is 0 Å². The maximum Gasteiger partial charge on any atom is 0.289 e. The SMILES string of the molecule is N#Cc1c(NC(=O)CN2CCN(C(=O)c3cc4ccccc4o3)CC2)sc2c1CCCCC2. The molecule has 5 rings (SSSR count). The summed E-state index contributed by atoms with van der Waals surface area (Å²) < 4.78 is 5.71. The molecule has 0 saturated carbocycles. The zero-order valence-corrected chi connectivity index (χ0v) is 19.2.